The Morgan fingerprint density at radius 2 is 1.72 bits per heavy atom. The molecule has 0 radical (unpaired) electrons. The van der Waals surface area contributed by atoms with Crippen molar-refractivity contribution in [3.05, 3.63) is 65.2 Å². The average Bonchev–Trinajstić information content (AvgIpc) is 3.41. The van der Waals surface area contributed by atoms with E-state index in [9.17, 15) is 9.59 Å². The normalized spacial score (nSPS) is 18.5. The molecule has 2 amide bonds. The highest BCUT2D eigenvalue weighted by Crippen LogP contribution is 2.35. The number of benzene rings is 2. The smallest absolute Gasteiger partial charge is 0.254 e. The zero-order valence-electron chi connectivity index (χ0n) is 14.4. The van der Waals surface area contributed by atoms with Gasteiger partial charge in [0.05, 0.1) is 6.04 Å². The number of aryl methyl sites for hydroxylation is 1. The quantitative estimate of drug-likeness (QED) is 0.925. The van der Waals surface area contributed by atoms with Gasteiger partial charge in [0.15, 0.2) is 0 Å². The van der Waals surface area contributed by atoms with Crippen molar-refractivity contribution < 1.29 is 9.59 Å². The molecule has 0 bridgehead atoms. The Kier molecular flexibility index (Phi) is 4.04. The molecule has 0 heterocycles. The van der Waals surface area contributed by atoms with E-state index in [2.05, 4.69) is 23.5 Å². The molecule has 0 spiro atoms. The second-order valence-corrected chi connectivity index (χ2v) is 7.01. The summed E-state index contributed by atoms with van der Waals surface area (Å²) in [5.41, 5.74) is 4.00. The SMILES string of the molecule is CN(C(=O)c1ccc(NC(=O)C2CC2)cc1)C1CCc2ccccc21. The van der Waals surface area contributed by atoms with Gasteiger partial charge in [0.25, 0.3) is 5.91 Å². The predicted octanol–water partition coefficient (Wildman–Crippen LogP) is 3.79. The minimum absolute atomic E-state index is 0.0155. The molecule has 1 fully saturated rings. The number of anilines is 1. The topological polar surface area (TPSA) is 49.4 Å². The van der Waals surface area contributed by atoms with Crippen LogP contribution < -0.4 is 5.32 Å². The van der Waals surface area contributed by atoms with Crippen molar-refractivity contribution in [3.63, 3.8) is 0 Å². The monoisotopic (exact) mass is 334 g/mol. The Morgan fingerprint density at radius 3 is 2.44 bits per heavy atom. The highest BCUT2D eigenvalue weighted by atomic mass is 16.2. The largest absolute Gasteiger partial charge is 0.335 e. The van der Waals surface area contributed by atoms with E-state index >= 15 is 0 Å². The molecule has 4 nitrogen and oxygen atoms in total. The van der Waals surface area contributed by atoms with Gasteiger partial charge in [-0.3, -0.25) is 9.59 Å². The summed E-state index contributed by atoms with van der Waals surface area (Å²) in [6, 6.07) is 15.7. The van der Waals surface area contributed by atoms with Crippen molar-refractivity contribution in [2.24, 2.45) is 5.92 Å². The van der Waals surface area contributed by atoms with E-state index in [1.54, 1.807) is 12.1 Å². The van der Waals surface area contributed by atoms with Gasteiger partial charge in [-0.05, 0) is 61.1 Å². The van der Waals surface area contributed by atoms with Crippen LogP contribution in [0.25, 0.3) is 0 Å². The van der Waals surface area contributed by atoms with Gasteiger partial charge in [-0.15, -0.1) is 0 Å². The van der Waals surface area contributed by atoms with Crippen molar-refractivity contribution in [1.29, 1.82) is 0 Å². The van der Waals surface area contributed by atoms with Gasteiger partial charge in [0.2, 0.25) is 5.91 Å². The number of fused-ring (bicyclic) bond motifs is 1. The molecule has 1 N–H and O–H groups in total. The van der Waals surface area contributed by atoms with Crippen LogP contribution in [0, 0.1) is 5.92 Å². The van der Waals surface area contributed by atoms with Gasteiger partial charge >= 0.3 is 0 Å². The van der Waals surface area contributed by atoms with Crippen LogP contribution in [0.15, 0.2) is 48.5 Å². The van der Waals surface area contributed by atoms with Crippen LogP contribution in [0.3, 0.4) is 0 Å². The number of hydrogen-bond acceptors (Lipinski definition) is 2. The molecule has 0 saturated heterocycles. The van der Waals surface area contributed by atoms with E-state index in [1.807, 2.05) is 30.1 Å². The maximum absolute atomic E-state index is 12.8. The molecule has 1 atom stereocenters. The Hall–Kier alpha value is -2.62. The van der Waals surface area contributed by atoms with Crippen molar-refractivity contribution >= 4 is 17.5 Å². The van der Waals surface area contributed by atoms with Gasteiger partial charge in [-0.25, -0.2) is 0 Å². The van der Waals surface area contributed by atoms with Crippen LogP contribution in [0.1, 0.15) is 46.8 Å². The molecule has 1 unspecified atom stereocenters. The molecule has 0 aliphatic heterocycles. The van der Waals surface area contributed by atoms with E-state index in [-0.39, 0.29) is 23.8 Å². The number of amides is 2. The summed E-state index contributed by atoms with van der Waals surface area (Å²) >= 11 is 0. The molecule has 4 heteroatoms. The first-order valence-electron chi connectivity index (χ1n) is 8.89. The Bertz CT molecular complexity index is 809. The van der Waals surface area contributed by atoms with Crippen LogP contribution >= 0.6 is 0 Å². The lowest BCUT2D eigenvalue weighted by Gasteiger charge is -2.25. The zero-order valence-corrected chi connectivity index (χ0v) is 14.4. The third kappa shape index (κ3) is 3.16. The van der Waals surface area contributed by atoms with Crippen molar-refractivity contribution in [3.8, 4) is 0 Å². The molecule has 1 saturated carbocycles. The lowest BCUT2D eigenvalue weighted by molar-refractivity contribution is -0.117. The number of rotatable bonds is 4. The van der Waals surface area contributed by atoms with Crippen LogP contribution in [-0.4, -0.2) is 23.8 Å². The summed E-state index contributed by atoms with van der Waals surface area (Å²) < 4.78 is 0. The lowest BCUT2D eigenvalue weighted by Crippen LogP contribution is -2.30. The number of nitrogens with zero attached hydrogens (tertiary/aromatic N) is 1. The highest BCUT2D eigenvalue weighted by molar-refractivity contribution is 5.97. The highest BCUT2D eigenvalue weighted by Gasteiger charge is 2.30. The van der Waals surface area contributed by atoms with E-state index in [0.29, 0.717) is 5.56 Å². The van der Waals surface area contributed by atoms with Crippen molar-refractivity contribution in [2.45, 2.75) is 31.7 Å². The number of carbonyl (C=O) groups is 2. The minimum Gasteiger partial charge on any atom is -0.335 e. The molecule has 4 rings (SSSR count). The maximum Gasteiger partial charge on any atom is 0.254 e. The fourth-order valence-corrected chi connectivity index (χ4v) is 3.57. The van der Waals surface area contributed by atoms with E-state index in [4.69, 9.17) is 0 Å². The first-order valence-corrected chi connectivity index (χ1v) is 8.89. The summed E-state index contributed by atoms with van der Waals surface area (Å²) in [4.78, 5) is 26.5. The summed E-state index contributed by atoms with van der Waals surface area (Å²) in [6.07, 6.45) is 3.95. The molecule has 25 heavy (non-hydrogen) atoms. The first kappa shape index (κ1) is 15.9. The molecule has 2 aliphatic rings. The van der Waals surface area contributed by atoms with Gasteiger partial charge in [0.1, 0.15) is 0 Å². The Morgan fingerprint density at radius 1 is 1.00 bits per heavy atom. The van der Waals surface area contributed by atoms with Crippen LogP contribution in [0.5, 0.6) is 0 Å². The molecule has 2 aliphatic carbocycles. The van der Waals surface area contributed by atoms with E-state index in [1.165, 1.54) is 11.1 Å². The minimum atomic E-state index is 0.0155. The lowest BCUT2D eigenvalue weighted by atomic mass is 10.1. The standard InChI is InChI=1S/C21H22N2O2/c1-23(19-13-10-14-4-2-3-5-18(14)19)21(25)16-8-11-17(12-9-16)22-20(24)15-6-7-15/h2-5,8-9,11-12,15,19H,6-7,10,13H2,1H3,(H,22,24). The molecule has 0 aromatic heterocycles. The van der Waals surface area contributed by atoms with Crippen molar-refractivity contribution in [2.75, 3.05) is 12.4 Å². The average molecular weight is 334 g/mol. The fraction of sp³-hybridized carbons (Fsp3) is 0.333. The third-order valence-corrected chi connectivity index (χ3v) is 5.24. The summed E-state index contributed by atoms with van der Waals surface area (Å²) in [7, 11) is 1.87. The summed E-state index contributed by atoms with van der Waals surface area (Å²) in [6.45, 7) is 0. The van der Waals surface area contributed by atoms with Crippen LogP contribution in [0.2, 0.25) is 0 Å². The molecular formula is C21H22N2O2. The van der Waals surface area contributed by atoms with Crippen molar-refractivity contribution in [1.82, 2.24) is 4.90 Å². The van der Waals surface area contributed by atoms with E-state index in [0.717, 1.165) is 31.4 Å². The molecular weight excluding hydrogens is 312 g/mol. The number of carbonyl (C=O) groups excluding carboxylic acids is 2. The van der Waals surface area contributed by atoms with Crippen LogP contribution in [0.4, 0.5) is 5.69 Å². The van der Waals surface area contributed by atoms with Gasteiger partial charge in [0, 0.05) is 24.2 Å². The van der Waals surface area contributed by atoms with Gasteiger partial charge in [-0.1, -0.05) is 24.3 Å². The Labute approximate surface area is 147 Å². The maximum atomic E-state index is 12.8. The summed E-state index contributed by atoms with van der Waals surface area (Å²) in [5, 5.41) is 2.90. The molecule has 2 aromatic rings. The second-order valence-electron chi connectivity index (χ2n) is 7.01. The Balaban J connectivity index is 1.46. The summed E-state index contributed by atoms with van der Waals surface area (Å²) in [5.74, 6) is 0.274. The first-order chi connectivity index (χ1) is 12.1. The van der Waals surface area contributed by atoms with Gasteiger partial charge in [-0.2, -0.15) is 0 Å². The third-order valence-electron chi connectivity index (χ3n) is 5.24. The van der Waals surface area contributed by atoms with Gasteiger partial charge < -0.3 is 10.2 Å². The molecule has 2 aromatic carbocycles. The number of nitrogens with one attached hydrogen (secondary N) is 1. The fourth-order valence-electron chi connectivity index (χ4n) is 3.57. The molecule has 128 valence electrons. The number of hydrogen-bond donors (Lipinski definition) is 1. The zero-order chi connectivity index (χ0) is 17.4. The van der Waals surface area contributed by atoms with E-state index < -0.39 is 0 Å². The second kappa shape index (κ2) is 6.36. The van der Waals surface area contributed by atoms with Crippen LogP contribution in [-0.2, 0) is 11.2 Å². The predicted molar refractivity (Wildman–Crippen MR) is 97.4 cm³/mol.